The summed E-state index contributed by atoms with van der Waals surface area (Å²) < 4.78 is 27.5. The number of allylic oxidation sites excluding steroid dienone is 1. The van der Waals surface area contributed by atoms with Crippen LogP contribution in [0.15, 0.2) is 30.9 Å². The summed E-state index contributed by atoms with van der Waals surface area (Å²) >= 11 is 0. The van der Waals surface area contributed by atoms with Crippen LogP contribution >= 0.6 is 0 Å². The summed E-state index contributed by atoms with van der Waals surface area (Å²) in [7, 11) is 0. The highest BCUT2D eigenvalue weighted by Gasteiger charge is 2.18. The van der Waals surface area contributed by atoms with Gasteiger partial charge in [0.15, 0.2) is 0 Å². The molecular formula is C16H23F2N. The molecule has 0 spiro atoms. The van der Waals surface area contributed by atoms with Crippen molar-refractivity contribution in [2.75, 3.05) is 6.54 Å². The van der Waals surface area contributed by atoms with E-state index >= 15 is 0 Å². The van der Waals surface area contributed by atoms with Crippen LogP contribution in [0.3, 0.4) is 0 Å². The standard InChI is InChI=1S/C16H23F2N/c1-3-5-6-7-8-12-15(19-4-2)16-13(17)10-9-11-14(16)18/h3,9-11,15,19H,1,4-8,12H2,2H3. The first-order valence-corrected chi connectivity index (χ1v) is 6.98. The maximum absolute atomic E-state index is 13.8. The van der Waals surface area contributed by atoms with Gasteiger partial charge in [-0.2, -0.15) is 0 Å². The Bertz CT molecular complexity index is 370. The Morgan fingerprint density at radius 2 is 1.89 bits per heavy atom. The normalized spacial score (nSPS) is 12.4. The van der Waals surface area contributed by atoms with E-state index in [1.54, 1.807) is 0 Å². The lowest BCUT2D eigenvalue weighted by atomic mass is 9.99. The SMILES string of the molecule is C=CCCCCCC(NCC)c1c(F)cccc1F. The van der Waals surface area contributed by atoms with Crippen molar-refractivity contribution in [2.24, 2.45) is 0 Å². The third-order valence-electron chi connectivity index (χ3n) is 3.20. The molecule has 0 heterocycles. The van der Waals surface area contributed by atoms with Crippen LogP contribution < -0.4 is 5.32 Å². The summed E-state index contributed by atoms with van der Waals surface area (Å²) in [5.41, 5.74) is 0.174. The average Bonchev–Trinajstić information content (AvgIpc) is 2.38. The maximum atomic E-state index is 13.8. The summed E-state index contributed by atoms with van der Waals surface area (Å²) in [6.07, 6.45) is 6.76. The van der Waals surface area contributed by atoms with Gasteiger partial charge >= 0.3 is 0 Å². The van der Waals surface area contributed by atoms with E-state index in [4.69, 9.17) is 0 Å². The first kappa shape index (κ1) is 15.8. The minimum atomic E-state index is -0.461. The highest BCUT2D eigenvalue weighted by atomic mass is 19.1. The summed E-state index contributed by atoms with van der Waals surface area (Å²) in [6, 6.07) is 3.80. The molecule has 0 radical (unpaired) electrons. The molecule has 3 heteroatoms. The molecule has 106 valence electrons. The quantitative estimate of drug-likeness (QED) is 0.503. The fourth-order valence-electron chi connectivity index (χ4n) is 2.25. The van der Waals surface area contributed by atoms with Gasteiger partial charge in [-0.3, -0.25) is 0 Å². The second kappa shape index (κ2) is 8.81. The molecule has 1 nitrogen and oxygen atoms in total. The molecule has 0 bridgehead atoms. The zero-order valence-corrected chi connectivity index (χ0v) is 11.6. The number of unbranched alkanes of at least 4 members (excludes halogenated alkanes) is 3. The first-order chi connectivity index (χ1) is 9.20. The van der Waals surface area contributed by atoms with Gasteiger partial charge in [-0.25, -0.2) is 8.78 Å². The van der Waals surface area contributed by atoms with Crippen LogP contribution in [0, 0.1) is 11.6 Å². The van der Waals surface area contributed by atoms with E-state index in [-0.39, 0.29) is 11.6 Å². The molecule has 1 aromatic carbocycles. The van der Waals surface area contributed by atoms with Crippen molar-refractivity contribution in [3.8, 4) is 0 Å². The number of halogens is 2. The Morgan fingerprint density at radius 1 is 1.21 bits per heavy atom. The van der Waals surface area contributed by atoms with Crippen molar-refractivity contribution < 1.29 is 8.78 Å². The van der Waals surface area contributed by atoms with E-state index in [2.05, 4.69) is 11.9 Å². The van der Waals surface area contributed by atoms with Crippen molar-refractivity contribution in [2.45, 2.75) is 45.1 Å². The predicted molar refractivity (Wildman–Crippen MR) is 76.1 cm³/mol. The predicted octanol–water partition coefficient (Wildman–Crippen LogP) is 4.75. The molecule has 19 heavy (non-hydrogen) atoms. The molecule has 0 fully saturated rings. The Balaban J connectivity index is 2.63. The van der Waals surface area contributed by atoms with Crippen LogP contribution in [0.4, 0.5) is 8.78 Å². The first-order valence-electron chi connectivity index (χ1n) is 6.98. The highest BCUT2D eigenvalue weighted by molar-refractivity contribution is 5.23. The fourth-order valence-corrected chi connectivity index (χ4v) is 2.25. The van der Waals surface area contributed by atoms with Gasteiger partial charge in [-0.05, 0) is 37.9 Å². The van der Waals surface area contributed by atoms with Crippen molar-refractivity contribution in [3.05, 3.63) is 48.1 Å². The average molecular weight is 267 g/mol. The van der Waals surface area contributed by atoms with Crippen molar-refractivity contribution in [1.29, 1.82) is 0 Å². The molecule has 0 saturated carbocycles. The number of hydrogen-bond donors (Lipinski definition) is 1. The van der Waals surface area contributed by atoms with E-state index in [9.17, 15) is 8.78 Å². The zero-order chi connectivity index (χ0) is 14.1. The third-order valence-corrected chi connectivity index (χ3v) is 3.20. The molecule has 0 aromatic heterocycles. The minimum absolute atomic E-state index is 0.174. The summed E-state index contributed by atoms with van der Waals surface area (Å²) in [5, 5.41) is 3.17. The number of nitrogens with one attached hydrogen (secondary N) is 1. The minimum Gasteiger partial charge on any atom is -0.310 e. The smallest absolute Gasteiger partial charge is 0.130 e. The summed E-state index contributed by atoms with van der Waals surface area (Å²) in [4.78, 5) is 0. The van der Waals surface area contributed by atoms with Crippen molar-refractivity contribution >= 4 is 0 Å². The van der Waals surface area contributed by atoms with Gasteiger partial charge in [0.25, 0.3) is 0 Å². The second-order valence-electron chi connectivity index (χ2n) is 4.67. The maximum Gasteiger partial charge on any atom is 0.130 e. The van der Waals surface area contributed by atoms with E-state index in [0.29, 0.717) is 6.54 Å². The van der Waals surface area contributed by atoms with E-state index in [1.807, 2.05) is 13.0 Å². The Morgan fingerprint density at radius 3 is 2.47 bits per heavy atom. The Kier molecular flexibility index (Phi) is 7.34. The molecule has 0 aliphatic heterocycles. The number of benzene rings is 1. The molecule has 1 N–H and O–H groups in total. The number of hydrogen-bond acceptors (Lipinski definition) is 1. The van der Waals surface area contributed by atoms with Crippen LogP contribution in [0.5, 0.6) is 0 Å². The molecule has 1 aromatic rings. The van der Waals surface area contributed by atoms with E-state index in [0.717, 1.165) is 32.1 Å². The van der Waals surface area contributed by atoms with Crippen LogP contribution in [0.25, 0.3) is 0 Å². The van der Waals surface area contributed by atoms with Gasteiger partial charge in [0.2, 0.25) is 0 Å². The molecule has 0 aliphatic rings. The van der Waals surface area contributed by atoms with Gasteiger partial charge in [-0.15, -0.1) is 6.58 Å². The van der Waals surface area contributed by atoms with Gasteiger partial charge in [0.1, 0.15) is 11.6 Å². The zero-order valence-electron chi connectivity index (χ0n) is 11.6. The second-order valence-corrected chi connectivity index (χ2v) is 4.67. The van der Waals surface area contributed by atoms with Gasteiger partial charge in [-0.1, -0.05) is 31.9 Å². The van der Waals surface area contributed by atoms with E-state index < -0.39 is 11.6 Å². The van der Waals surface area contributed by atoms with Crippen LogP contribution in [-0.2, 0) is 0 Å². The third kappa shape index (κ3) is 5.11. The molecule has 1 atom stereocenters. The van der Waals surface area contributed by atoms with Gasteiger partial charge in [0, 0.05) is 11.6 Å². The fraction of sp³-hybridized carbons (Fsp3) is 0.500. The molecular weight excluding hydrogens is 244 g/mol. The lowest BCUT2D eigenvalue weighted by Gasteiger charge is -2.19. The highest BCUT2D eigenvalue weighted by Crippen LogP contribution is 2.25. The Labute approximate surface area is 114 Å². The molecule has 0 aliphatic carbocycles. The molecule has 1 unspecified atom stereocenters. The largest absolute Gasteiger partial charge is 0.310 e. The van der Waals surface area contributed by atoms with Gasteiger partial charge < -0.3 is 5.32 Å². The monoisotopic (exact) mass is 267 g/mol. The summed E-state index contributed by atoms with van der Waals surface area (Å²) in [6.45, 7) is 6.33. The van der Waals surface area contributed by atoms with Crippen LogP contribution in [0.1, 0.15) is 50.6 Å². The topological polar surface area (TPSA) is 12.0 Å². The van der Waals surface area contributed by atoms with Crippen molar-refractivity contribution in [1.82, 2.24) is 5.32 Å². The summed E-state index contributed by atoms with van der Waals surface area (Å²) in [5.74, 6) is -0.922. The Hall–Kier alpha value is -1.22. The van der Waals surface area contributed by atoms with Gasteiger partial charge in [0.05, 0.1) is 0 Å². The lowest BCUT2D eigenvalue weighted by molar-refractivity contribution is 0.438. The van der Waals surface area contributed by atoms with Crippen LogP contribution in [0.2, 0.25) is 0 Å². The number of rotatable bonds is 9. The molecule has 0 amide bonds. The lowest BCUT2D eigenvalue weighted by Crippen LogP contribution is -2.23. The van der Waals surface area contributed by atoms with E-state index in [1.165, 1.54) is 18.2 Å². The molecule has 0 saturated heterocycles. The molecule has 1 rings (SSSR count). The van der Waals surface area contributed by atoms with Crippen molar-refractivity contribution in [3.63, 3.8) is 0 Å². The van der Waals surface area contributed by atoms with Crippen LogP contribution in [-0.4, -0.2) is 6.54 Å².